The number of aryl methyl sites for hydroxylation is 2. The van der Waals surface area contributed by atoms with Crippen molar-refractivity contribution in [2.75, 3.05) is 17.1 Å². The summed E-state index contributed by atoms with van der Waals surface area (Å²) in [5.41, 5.74) is 2.85. The molecule has 0 aliphatic rings. The smallest absolute Gasteiger partial charge is 0.244 e. The van der Waals surface area contributed by atoms with E-state index in [4.69, 9.17) is 11.6 Å². The lowest BCUT2D eigenvalue weighted by atomic mass is 10.1. The van der Waals surface area contributed by atoms with Gasteiger partial charge in [0.05, 0.1) is 11.9 Å². The summed E-state index contributed by atoms with van der Waals surface area (Å²) >= 11 is 6.04. The van der Waals surface area contributed by atoms with Crippen LogP contribution in [0.5, 0.6) is 0 Å². The van der Waals surface area contributed by atoms with Gasteiger partial charge in [-0.15, -0.1) is 0 Å². The normalized spacial score (nSPS) is 13.1. The lowest BCUT2D eigenvalue weighted by Crippen LogP contribution is -2.52. The van der Waals surface area contributed by atoms with Gasteiger partial charge in [0, 0.05) is 17.6 Å². The van der Waals surface area contributed by atoms with Gasteiger partial charge in [-0.3, -0.25) is 13.9 Å². The average molecular weight is 508 g/mol. The first-order valence-corrected chi connectivity index (χ1v) is 13.5. The first kappa shape index (κ1) is 27.7. The molecule has 0 heterocycles. The predicted molar refractivity (Wildman–Crippen MR) is 137 cm³/mol. The number of hydrogen-bond donors (Lipinski definition) is 1. The fourth-order valence-corrected chi connectivity index (χ4v) is 4.65. The van der Waals surface area contributed by atoms with Crippen LogP contribution in [0, 0.1) is 13.8 Å². The second-order valence-corrected chi connectivity index (χ2v) is 11.0. The lowest BCUT2D eigenvalue weighted by Gasteiger charge is -2.32. The van der Waals surface area contributed by atoms with Crippen LogP contribution in [0.2, 0.25) is 5.02 Å². The molecule has 2 amide bonds. The van der Waals surface area contributed by atoms with Gasteiger partial charge >= 0.3 is 0 Å². The number of nitrogens with one attached hydrogen (secondary N) is 1. The molecule has 2 unspecified atom stereocenters. The highest BCUT2D eigenvalue weighted by Gasteiger charge is 2.31. The van der Waals surface area contributed by atoms with Crippen molar-refractivity contribution in [1.29, 1.82) is 0 Å². The second-order valence-electron chi connectivity index (χ2n) is 8.64. The predicted octanol–water partition coefficient (Wildman–Crippen LogP) is 4.05. The lowest BCUT2D eigenvalue weighted by molar-refractivity contribution is -0.139. The van der Waals surface area contributed by atoms with Crippen LogP contribution in [0.4, 0.5) is 5.69 Å². The van der Waals surface area contributed by atoms with Crippen molar-refractivity contribution in [3.63, 3.8) is 0 Å². The van der Waals surface area contributed by atoms with E-state index in [0.29, 0.717) is 16.3 Å². The van der Waals surface area contributed by atoms with Crippen molar-refractivity contribution in [3.8, 4) is 0 Å². The molecule has 7 nitrogen and oxygen atoms in total. The van der Waals surface area contributed by atoms with E-state index in [1.54, 1.807) is 32.0 Å². The van der Waals surface area contributed by atoms with Gasteiger partial charge < -0.3 is 10.2 Å². The summed E-state index contributed by atoms with van der Waals surface area (Å²) in [7, 11) is -3.79. The van der Waals surface area contributed by atoms with Crippen LogP contribution in [0.3, 0.4) is 0 Å². The van der Waals surface area contributed by atoms with Gasteiger partial charge in [-0.25, -0.2) is 8.42 Å². The molecule has 0 fully saturated rings. The minimum absolute atomic E-state index is 0.0467. The number of nitrogens with zero attached hydrogens (tertiary/aromatic N) is 2. The quantitative estimate of drug-likeness (QED) is 0.525. The maximum atomic E-state index is 13.6. The number of carbonyl (C=O) groups is 2. The van der Waals surface area contributed by atoms with E-state index < -0.39 is 28.5 Å². The Kier molecular flexibility index (Phi) is 9.53. The van der Waals surface area contributed by atoms with Crippen molar-refractivity contribution in [3.05, 3.63) is 64.2 Å². The van der Waals surface area contributed by atoms with Crippen LogP contribution in [0.15, 0.2) is 42.5 Å². The number of carbonyl (C=O) groups excluding carboxylic acids is 2. The van der Waals surface area contributed by atoms with Crippen LogP contribution in [-0.4, -0.2) is 50.0 Å². The zero-order chi connectivity index (χ0) is 25.6. The van der Waals surface area contributed by atoms with E-state index in [1.807, 2.05) is 45.0 Å². The SMILES string of the molecule is CCC(C)NC(=O)C(C)N(Cc1ccccc1C)C(=O)CN(c1ccc(Cl)cc1C)S(C)(=O)=O. The van der Waals surface area contributed by atoms with Crippen molar-refractivity contribution in [2.45, 2.75) is 59.7 Å². The average Bonchev–Trinajstić information content (AvgIpc) is 2.76. The fraction of sp³-hybridized carbons (Fsp3) is 0.440. The standard InChI is InChI=1S/C25H34ClN3O4S/c1-7-19(4)27-25(31)20(5)28(15-21-11-9-8-10-17(21)2)24(30)16-29(34(6,32)33)23-13-12-22(26)14-18(23)3/h8-14,19-20H,7,15-16H2,1-6H3,(H,27,31). The van der Waals surface area contributed by atoms with Gasteiger partial charge in [0.15, 0.2) is 0 Å². The van der Waals surface area contributed by atoms with E-state index in [9.17, 15) is 18.0 Å². The summed E-state index contributed by atoms with van der Waals surface area (Å²) in [6.07, 6.45) is 1.81. The number of amides is 2. The summed E-state index contributed by atoms with van der Waals surface area (Å²) in [5, 5.41) is 3.39. The largest absolute Gasteiger partial charge is 0.352 e. The molecule has 2 aromatic rings. The first-order chi connectivity index (χ1) is 15.8. The zero-order valence-corrected chi connectivity index (χ0v) is 22.2. The summed E-state index contributed by atoms with van der Waals surface area (Å²) in [5.74, 6) is -0.764. The molecule has 0 aliphatic heterocycles. The monoisotopic (exact) mass is 507 g/mol. The Morgan fingerprint density at radius 1 is 1.06 bits per heavy atom. The van der Waals surface area contributed by atoms with E-state index in [-0.39, 0.29) is 18.5 Å². The van der Waals surface area contributed by atoms with Crippen molar-refractivity contribution in [1.82, 2.24) is 10.2 Å². The highest BCUT2D eigenvalue weighted by atomic mass is 35.5. The van der Waals surface area contributed by atoms with Crippen LogP contribution < -0.4 is 9.62 Å². The highest BCUT2D eigenvalue weighted by Crippen LogP contribution is 2.26. The van der Waals surface area contributed by atoms with Crippen molar-refractivity contribution in [2.24, 2.45) is 0 Å². The van der Waals surface area contributed by atoms with Gasteiger partial charge in [-0.1, -0.05) is 42.8 Å². The van der Waals surface area contributed by atoms with Crippen LogP contribution in [0.25, 0.3) is 0 Å². The molecule has 9 heteroatoms. The Bertz CT molecular complexity index is 1140. The van der Waals surface area contributed by atoms with E-state index in [1.165, 1.54) is 4.90 Å². The molecular weight excluding hydrogens is 474 g/mol. The Labute approximate surface area is 208 Å². The maximum Gasteiger partial charge on any atom is 0.244 e. The number of sulfonamides is 1. The number of anilines is 1. The number of halogens is 1. The molecule has 0 bridgehead atoms. The molecule has 2 aromatic carbocycles. The molecule has 0 aliphatic carbocycles. The molecule has 2 rings (SSSR count). The molecule has 0 radical (unpaired) electrons. The summed E-state index contributed by atoms with van der Waals surface area (Å²) < 4.78 is 26.4. The number of rotatable bonds is 10. The zero-order valence-electron chi connectivity index (χ0n) is 20.6. The van der Waals surface area contributed by atoms with E-state index in [2.05, 4.69) is 5.32 Å². The molecular formula is C25H34ClN3O4S. The molecule has 0 spiro atoms. The number of hydrogen-bond acceptors (Lipinski definition) is 4. The third kappa shape index (κ3) is 7.21. The van der Waals surface area contributed by atoms with Gasteiger partial charge in [-0.2, -0.15) is 0 Å². The van der Waals surface area contributed by atoms with E-state index in [0.717, 1.165) is 28.1 Å². The minimum Gasteiger partial charge on any atom is -0.352 e. The Morgan fingerprint density at radius 2 is 1.71 bits per heavy atom. The third-order valence-electron chi connectivity index (χ3n) is 5.88. The second kappa shape index (κ2) is 11.7. The molecule has 0 saturated carbocycles. The van der Waals surface area contributed by atoms with Crippen LogP contribution >= 0.6 is 11.6 Å². The number of benzene rings is 2. The third-order valence-corrected chi connectivity index (χ3v) is 7.24. The van der Waals surface area contributed by atoms with E-state index >= 15 is 0 Å². The van der Waals surface area contributed by atoms with Crippen molar-refractivity contribution < 1.29 is 18.0 Å². The van der Waals surface area contributed by atoms with Gasteiger partial charge in [0.25, 0.3) is 0 Å². The molecule has 0 saturated heterocycles. The summed E-state index contributed by atoms with van der Waals surface area (Å²) in [6, 6.07) is 11.6. The maximum absolute atomic E-state index is 13.6. The van der Waals surface area contributed by atoms with Gasteiger partial charge in [0.1, 0.15) is 12.6 Å². The first-order valence-electron chi connectivity index (χ1n) is 11.2. The van der Waals surface area contributed by atoms with Crippen LogP contribution in [0.1, 0.15) is 43.9 Å². The summed E-state index contributed by atoms with van der Waals surface area (Å²) in [4.78, 5) is 27.9. The fourth-order valence-electron chi connectivity index (χ4n) is 3.51. The van der Waals surface area contributed by atoms with Crippen molar-refractivity contribution >= 4 is 39.1 Å². The Morgan fingerprint density at radius 3 is 2.26 bits per heavy atom. The molecule has 34 heavy (non-hydrogen) atoms. The molecule has 2 atom stereocenters. The molecule has 0 aromatic heterocycles. The Balaban J connectivity index is 2.43. The summed E-state index contributed by atoms with van der Waals surface area (Å²) in [6.45, 7) is 8.92. The van der Waals surface area contributed by atoms with Gasteiger partial charge in [-0.05, 0) is 69.0 Å². The molecule has 186 valence electrons. The minimum atomic E-state index is -3.79. The molecule has 1 N–H and O–H groups in total. The van der Waals surface area contributed by atoms with Crippen LogP contribution in [-0.2, 0) is 26.2 Å². The van der Waals surface area contributed by atoms with Gasteiger partial charge in [0.2, 0.25) is 21.8 Å². The Hall–Kier alpha value is -2.58. The topological polar surface area (TPSA) is 86.8 Å². The highest BCUT2D eigenvalue weighted by molar-refractivity contribution is 7.92.